The van der Waals surface area contributed by atoms with Gasteiger partial charge in [-0.05, 0) is 37.5 Å². The normalized spacial score (nSPS) is 17.9. The third-order valence-corrected chi connectivity index (χ3v) is 6.16. The number of aliphatic imine (C=N–C) groups is 1. The van der Waals surface area contributed by atoms with Crippen molar-refractivity contribution >= 4 is 23.8 Å². The lowest BCUT2D eigenvalue weighted by Gasteiger charge is -2.31. The van der Waals surface area contributed by atoms with E-state index in [-0.39, 0.29) is 11.3 Å². The van der Waals surface area contributed by atoms with Gasteiger partial charge in [0.1, 0.15) is 5.69 Å². The number of aromatic nitrogens is 2. The average Bonchev–Trinajstić information content (AvgIpc) is 3.52. The molecule has 1 saturated heterocycles. The Kier molecular flexibility index (Phi) is 7.62. The second-order valence-corrected chi connectivity index (χ2v) is 10.7. The molecule has 3 rings (SSSR count). The van der Waals surface area contributed by atoms with Crippen LogP contribution in [0, 0.1) is 17.8 Å². The highest BCUT2D eigenvalue weighted by atomic mass is 16.2. The second-order valence-electron chi connectivity index (χ2n) is 10.7. The summed E-state index contributed by atoms with van der Waals surface area (Å²) in [5, 5.41) is 10.9. The lowest BCUT2D eigenvalue weighted by molar-refractivity contribution is -0.133. The number of piperidine rings is 1. The van der Waals surface area contributed by atoms with E-state index in [0.717, 1.165) is 56.7 Å². The average molecular weight is 445 g/mol. The highest BCUT2D eigenvalue weighted by Crippen LogP contribution is 2.33. The van der Waals surface area contributed by atoms with Gasteiger partial charge in [-0.2, -0.15) is 5.10 Å². The summed E-state index contributed by atoms with van der Waals surface area (Å²) >= 11 is 0. The molecular weight excluding hydrogens is 404 g/mol. The van der Waals surface area contributed by atoms with E-state index in [4.69, 9.17) is 0 Å². The van der Waals surface area contributed by atoms with Gasteiger partial charge in [0.2, 0.25) is 5.91 Å². The van der Waals surface area contributed by atoms with E-state index in [2.05, 4.69) is 55.3 Å². The first-order chi connectivity index (χ1) is 15.1. The topological polar surface area (TPSA) is 91.6 Å². The Hall–Kier alpha value is -2.38. The monoisotopic (exact) mass is 444 g/mol. The summed E-state index contributed by atoms with van der Waals surface area (Å²) in [6.45, 7) is 13.4. The molecular formula is C24H40N6O2. The summed E-state index contributed by atoms with van der Waals surface area (Å²) < 4.78 is 1.65. The van der Waals surface area contributed by atoms with E-state index in [1.807, 2.05) is 4.90 Å². The number of carbonyl (C=O) groups is 2. The molecule has 1 aliphatic carbocycles. The number of hydrogen-bond acceptors (Lipinski definition) is 4. The summed E-state index contributed by atoms with van der Waals surface area (Å²) in [5.41, 5.74) is 1.86. The van der Waals surface area contributed by atoms with E-state index in [1.165, 1.54) is 0 Å². The zero-order chi connectivity index (χ0) is 23.5. The fourth-order valence-corrected chi connectivity index (χ4v) is 4.06. The van der Waals surface area contributed by atoms with E-state index < -0.39 is 0 Å². The van der Waals surface area contributed by atoms with Gasteiger partial charge in [0.25, 0.3) is 5.91 Å². The zero-order valence-electron chi connectivity index (χ0n) is 20.6. The van der Waals surface area contributed by atoms with Crippen LogP contribution in [-0.4, -0.2) is 59.0 Å². The van der Waals surface area contributed by atoms with Gasteiger partial charge in [0.15, 0.2) is 0 Å². The molecule has 0 atom stereocenters. The van der Waals surface area contributed by atoms with Gasteiger partial charge >= 0.3 is 0 Å². The first-order valence-corrected chi connectivity index (χ1v) is 12.0. The smallest absolute Gasteiger partial charge is 0.271 e. The minimum Gasteiger partial charge on any atom is -0.350 e. The van der Waals surface area contributed by atoms with Crippen LogP contribution in [0.2, 0.25) is 0 Å². The van der Waals surface area contributed by atoms with Crippen molar-refractivity contribution in [2.75, 3.05) is 31.5 Å². The SMILES string of the molecule is CC(C)CNC(=O)c1c(NC=NCC2CCN(C(=O)C3CC3)CC2)c(C(C)(C)C)nn1C. The van der Waals surface area contributed by atoms with E-state index >= 15 is 0 Å². The molecule has 8 heteroatoms. The highest BCUT2D eigenvalue weighted by Gasteiger charge is 2.35. The number of nitrogens with one attached hydrogen (secondary N) is 2. The molecule has 0 unspecified atom stereocenters. The van der Waals surface area contributed by atoms with Crippen LogP contribution in [0.1, 0.15) is 76.5 Å². The first kappa shape index (κ1) is 24.3. The number of likely N-dealkylation sites (tertiary alicyclic amines) is 1. The van der Waals surface area contributed by atoms with Gasteiger partial charge < -0.3 is 15.5 Å². The molecule has 32 heavy (non-hydrogen) atoms. The molecule has 1 aliphatic heterocycles. The van der Waals surface area contributed by atoms with Crippen molar-refractivity contribution in [1.29, 1.82) is 0 Å². The zero-order valence-corrected chi connectivity index (χ0v) is 20.6. The quantitative estimate of drug-likeness (QED) is 0.476. The molecule has 2 N–H and O–H groups in total. The van der Waals surface area contributed by atoms with Gasteiger partial charge in [0.05, 0.1) is 17.7 Å². The number of anilines is 1. The van der Waals surface area contributed by atoms with Crippen molar-refractivity contribution in [2.45, 2.75) is 65.7 Å². The van der Waals surface area contributed by atoms with Gasteiger partial charge in [-0.25, -0.2) is 0 Å². The van der Waals surface area contributed by atoms with Crippen LogP contribution in [0.5, 0.6) is 0 Å². The molecule has 178 valence electrons. The van der Waals surface area contributed by atoms with E-state index in [9.17, 15) is 9.59 Å². The van der Waals surface area contributed by atoms with Gasteiger partial charge in [0, 0.05) is 44.6 Å². The Morgan fingerprint density at radius 3 is 2.41 bits per heavy atom. The molecule has 0 aromatic carbocycles. The van der Waals surface area contributed by atoms with Crippen molar-refractivity contribution in [3.8, 4) is 0 Å². The fraction of sp³-hybridized carbons (Fsp3) is 0.750. The highest BCUT2D eigenvalue weighted by molar-refractivity contribution is 6.01. The van der Waals surface area contributed by atoms with Gasteiger partial charge in [-0.15, -0.1) is 0 Å². The third-order valence-electron chi connectivity index (χ3n) is 6.16. The maximum absolute atomic E-state index is 12.9. The van der Waals surface area contributed by atoms with Gasteiger partial charge in [-0.3, -0.25) is 19.3 Å². The van der Waals surface area contributed by atoms with Crippen LogP contribution in [0.4, 0.5) is 5.69 Å². The first-order valence-electron chi connectivity index (χ1n) is 12.0. The largest absolute Gasteiger partial charge is 0.350 e. The van der Waals surface area contributed by atoms with Crippen LogP contribution in [0.25, 0.3) is 0 Å². The molecule has 1 aromatic rings. The maximum Gasteiger partial charge on any atom is 0.271 e. The van der Waals surface area contributed by atoms with Crippen molar-refractivity contribution in [2.24, 2.45) is 29.8 Å². The Morgan fingerprint density at radius 1 is 1.19 bits per heavy atom. The van der Waals surface area contributed by atoms with Crippen molar-refractivity contribution in [3.63, 3.8) is 0 Å². The van der Waals surface area contributed by atoms with Crippen molar-refractivity contribution in [1.82, 2.24) is 20.0 Å². The number of hydrogen-bond donors (Lipinski definition) is 2. The molecule has 2 fully saturated rings. The number of rotatable bonds is 8. The second kappa shape index (κ2) is 10.0. The minimum absolute atomic E-state index is 0.132. The molecule has 2 heterocycles. The van der Waals surface area contributed by atoms with Crippen molar-refractivity contribution < 1.29 is 9.59 Å². The number of carbonyl (C=O) groups excluding carboxylic acids is 2. The molecule has 0 radical (unpaired) electrons. The lowest BCUT2D eigenvalue weighted by atomic mass is 9.91. The Balaban J connectivity index is 1.61. The minimum atomic E-state index is -0.217. The van der Waals surface area contributed by atoms with Crippen LogP contribution in [0.3, 0.4) is 0 Å². The molecule has 2 aliphatic rings. The Labute approximate surface area is 192 Å². The Morgan fingerprint density at radius 2 is 1.84 bits per heavy atom. The third kappa shape index (κ3) is 6.11. The van der Waals surface area contributed by atoms with Crippen LogP contribution in [0.15, 0.2) is 4.99 Å². The summed E-state index contributed by atoms with van der Waals surface area (Å²) in [6.07, 6.45) is 5.83. The van der Waals surface area contributed by atoms with Crippen LogP contribution < -0.4 is 10.6 Å². The Bertz CT molecular complexity index is 839. The van der Waals surface area contributed by atoms with Crippen LogP contribution >= 0.6 is 0 Å². The summed E-state index contributed by atoms with van der Waals surface area (Å²) in [5.74, 6) is 1.38. The standard InChI is InChI=1S/C24H40N6O2/c1-16(2)13-26-22(31)20-19(21(24(3,4)5)28-29(20)6)27-15-25-14-17-9-11-30(12-10-17)23(32)18-7-8-18/h15-18H,7-14H2,1-6H3,(H,25,27)(H,26,31). The summed E-state index contributed by atoms with van der Waals surface area (Å²) in [4.78, 5) is 31.7. The molecule has 0 spiro atoms. The molecule has 2 amide bonds. The van der Waals surface area contributed by atoms with E-state index in [0.29, 0.717) is 35.9 Å². The van der Waals surface area contributed by atoms with Gasteiger partial charge in [-0.1, -0.05) is 34.6 Å². The number of aryl methyl sites for hydroxylation is 1. The van der Waals surface area contributed by atoms with Crippen LogP contribution in [-0.2, 0) is 17.3 Å². The predicted octanol–water partition coefficient (Wildman–Crippen LogP) is 3.19. The van der Waals surface area contributed by atoms with E-state index in [1.54, 1.807) is 18.1 Å². The van der Waals surface area contributed by atoms with Crippen molar-refractivity contribution in [3.05, 3.63) is 11.4 Å². The number of nitrogens with zero attached hydrogens (tertiary/aromatic N) is 4. The fourth-order valence-electron chi connectivity index (χ4n) is 4.06. The maximum atomic E-state index is 12.9. The molecule has 1 aromatic heterocycles. The molecule has 0 bridgehead atoms. The molecule has 1 saturated carbocycles. The summed E-state index contributed by atoms with van der Waals surface area (Å²) in [7, 11) is 1.80. The lowest BCUT2D eigenvalue weighted by Crippen LogP contribution is -2.39. The summed E-state index contributed by atoms with van der Waals surface area (Å²) in [6, 6.07) is 0. The number of amides is 2. The molecule has 8 nitrogen and oxygen atoms in total. The predicted molar refractivity (Wildman–Crippen MR) is 128 cm³/mol.